The number of carbonyl (C=O) groups excluding carboxylic acids is 2. The molecular formula is C28H20O7S. The van der Waals surface area contributed by atoms with Crippen LogP contribution in [0, 0.1) is 0 Å². The fraction of sp³-hybridized carbons (Fsp3) is 0.0714. The maximum absolute atomic E-state index is 13.4. The Balaban J connectivity index is 1.68. The van der Waals surface area contributed by atoms with Gasteiger partial charge in [0.25, 0.3) is 0 Å². The summed E-state index contributed by atoms with van der Waals surface area (Å²) in [6.45, 7) is 0. The summed E-state index contributed by atoms with van der Waals surface area (Å²) >= 11 is 0. The average Bonchev–Trinajstić information content (AvgIpc) is 2.90. The van der Waals surface area contributed by atoms with Gasteiger partial charge in [-0.1, -0.05) is 48.5 Å². The van der Waals surface area contributed by atoms with E-state index < -0.39 is 22.1 Å². The summed E-state index contributed by atoms with van der Waals surface area (Å²) < 4.78 is 41.8. The summed E-state index contributed by atoms with van der Waals surface area (Å²) in [6, 6.07) is 24.4. The molecule has 0 bridgehead atoms. The molecule has 0 heterocycles. The molecule has 36 heavy (non-hydrogen) atoms. The molecule has 7 nitrogen and oxygen atoms in total. The van der Waals surface area contributed by atoms with Crippen LogP contribution < -0.4 is 4.18 Å². The monoisotopic (exact) mass is 500 g/mol. The molecule has 0 aliphatic rings. The first kappa shape index (κ1) is 23.3. The van der Waals surface area contributed by atoms with Crippen molar-refractivity contribution in [3.05, 3.63) is 96.1 Å². The molecule has 180 valence electrons. The predicted octanol–water partition coefficient (Wildman–Crippen LogP) is 5.49. The first-order valence-electron chi connectivity index (χ1n) is 10.9. The zero-order valence-corrected chi connectivity index (χ0v) is 20.2. The number of ether oxygens (including phenoxy) is 2. The van der Waals surface area contributed by atoms with Crippen molar-refractivity contribution in [1.82, 2.24) is 0 Å². The molecule has 0 spiro atoms. The second kappa shape index (κ2) is 8.98. The number of fused-ring (bicyclic) bond motifs is 4. The first-order valence-corrected chi connectivity index (χ1v) is 12.3. The van der Waals surface area contributed by atoms with Crippen LogP contribution >= 0.6 is 0 Å². The van der Waals surface area contributed by atoms with E-state index in [-0.39, 0.29) is 21.8 Å². The summed E-state index contributed by atoms with van der Waals surface area (Å²) in [4.78, 5) is 23.9. The number of hydrogen-bond acceptors (Lipinski definition) is 7. The Hall–Kier alpha value is -4.43. The van der Waals surface area contributed by atoms with Crippen LogP contribution in [0.25, 0.3) is 32.3 Å². The van der Waals surface area contributed by atoms with Crippen molar-refractivity contribution in [3.8, 4) is 5.75 Å². The molecule has 0 aliphatic heterocycles. The highest BCUT2D eigenvalue weighted by Crippen LogP contribution is 2.36. The van der Waals surface area contributed by atoms with E-state index in [0.29, 0.717) is 5.39 Å². The molecule has 0 aliphatic carbocycles. The van der Waals surface area contributed by atoms with Crippen LogP contribution in [0.3, 0.4) is 0 Å². The molecule has 0 amide bonds. The highest BCUT2D eigenvalue weighted by molar-refractivity contribution is 7.87. The van der Waals surface area contributed by atoms with Gasteiger partial charge in [-0.25, -0.2) is 9.59 Å². The maximum atomic E-state index is 13.4. The topological polar surface area (TPSA) is 96.0 Å². The molecule has 0 radical (unpaired) electrons. The smallest absolute Gasteiger partial charge is 0.339 e. The Morgan fingerprint density at radius 2 is 1.22 bits per heavy atom. The first-order chi connectivity index (χ1) is 17.3. The molecule has 5 aromatic rings. The standard InChI is InChI=1S/C28H20O7S/c1-33-27(29)21-13-22(28(30)34-2)15-23(14-21)36(31,32)35-25-9-5-8-17-10-11-20-12-18-6-3-4-7-19(18)16-24(20)26(17)25/h3-16H,1-2H3. The molecular weight excluding hydrogens is 480 g/mol. The van der Waals surface area contributed by atoms with E-state index in [1.54, 1.807) is 12.1 Å². The normalized spacial score (nSPS) is 11.5. The highest BCUT2D eigenvalue weighted by Gasteiger charge is 2.24. The van der Waals surface area contributed by atoms with E-state index in [0.717, 1.165) is 53.3 Å². The van der Waals surface area contributed by atoms with Gasteiger partial charge in [0.15, 0.2) is 5.75 Å². The summed E-state index contributed by atoms with van der Waals surface area (Å²) in [5.74, 6) is -1.49. The minimum absolute atomic E-state index is 0.122. The van der Waals surface area contributed by atoms with Gasteiger partial charge in [0.2, 0.25) is 0 Å². The number of methoxy groups -OCH3 is 2. The average molecular weight is 501 g/mol. The van der Waals surface area contributed by atoms with Gasteiger partial charge in [0.1, 0.15) is 4.90 Å². The molecule has 5 aromatic carbocycles. The molecule has 5 rings (SSSR count). The van der Waals surface area contributed by atoms with Crippen LogP contribution in [0.15, 0.2) is 89.8 Å². The lowest BCUT2D eigenvalue weighted by atomic mass is 9.98. The fourth-order valence-corrected chi connectivity index (χ4v) is 5.23. The minimum atomic E-state index is -4.46. The Labute approximate surface area is 206 Å². The Morgan fingerprint density at radius 1 is 0.639 bits per heavy atom. The second-order valence-electron chi connectivity index (χ2n) is 8.11. The summed E-state index contributed by atoms with van der Waals surface area (Å²) in [5.41, 5.74) is -0.255. The third kappa shape index (κ3) is 4.12. The summed E-state index contributed by atoms with van der Waals surface area (Å²) in [7, 11) is -2.15. The second-order valence-corrected chi connectivity index (χ2v) is 9.65. The third-order valence-corrected chi connectivity index (χ3v) is 7.14. The van der Waals surface area contributed by atoms with E-state index in [2.05, 4.69) is 0 Å². The number of rotatable bonds is 5. The van der Waals surface area contributed by atoms with E-state index in [1.807, 2.05) is 54.6 Å². The summed E-state index contributed by atoms with van der Waals surface area (Å²) in [5, 5.41) is 5.24. The predicted molar refractivity (Wildman–Crippen MR) is 136 cm³/mol. The van der Waals surface area contributed by atoms with Crippen LogP contribution in [-0.4, -0.2) is 34.6 Å². The van der Waals surface area contributed by atoms with Crippen molar-refractivity contribution in [2.75, 3.05) is 14.2 Å². The summed E-state index contributed by atoms with van der Waals surface area (Å²) in [6.07, 6.45) is 0. The van der Waals surface area contributed by atoms with Gasteiger partial charge in [-0.2, -0.15) is 8.42 Å². The lowest BCUT2D eigenvalue weighted by molar-refractivity contribution is 0.0598. The van der Waals surface area contributed by atoms with Gasteiger partial charge in [-0.15, -0.1) is 0 Å². The van der Waals surface area contributed by atoms with E-state index in [1.165, 1.54) is 6.07 Å². The van der Waals surface area contributed by atoms with Gasteiger partial charge < -0.3 is 13.7 Å². The van der Waals surface area contributed by atoms with Gasteiger partial charge in [-0.3, -0.25) is 0 Å². The molecule has 0 N–H and O–H groups in total. The molecule has 0 saturated heterocycles. The quantitative estimate of drug-likeness (QED) is 0.136. The van der Waals surface area contributed by atoms with Crippen molar-refractivity contribution in [1.29, 1.82) is 0 Å². The van der Waals surface area contributed by atoms with E-state index in [4.69, 9.17) is 13.7 Å². The van der Waals surface area contributed by atoms with Crippen LogP contribution in [-0.2, 0) is 19.6 Å². The highest BCUT2D eigenvalue weighted by atomic mass is 32.2. The Morgan fingerprint density at radius 3 is 1.86 bits per heavy atom. The molecule has 0 saturated carbocycles. The SMILES string of the molecule is COC(=O)c1cc(C(=O)OC)cc(S(=O)(=O)Oc2cccc3ccc4cc5ccccc5cc4c23)c1. The zero-order valence-electron chi connectivity index (χ0n) is 19.3. The van der Waals surface area contributed by atoms with Gasteiger partial charge in [-0.05, 0) is 63.3 Å². The Bertz CT molecular complexity index is 1750. The van der Waals surface area contributed by atoms with Crippen molar-refractivity contribution in [2.45, 2.75) is 4.90 Å². The third-order valence-electron chi connectivity index (χ3n) is 5.92. The number of hydrogen-bond donors (Lipinski definition) is 0. The van der Waals surface area contributed by atoms with Crippen molar-refractivity contribution in [3.63, 3.8) is 0 Å². The van der Waals surface area contributed by atoms with Crippen molar-refractivity contribution in [2.24, 2.45) is 0 Å². The zero-order chi connectivity index (χ0) is 25.4. The van der Waals surface area contributed by atoms with Gasteiger partial charge >= 0.3 is 22.1 Å². The van der Waals surface area contributed by atoms with Crippen LogP contribution in [0.5, 0.6) is 5.75 Å². The molecule has 8 heteroatoms. The van der Waals surface area contributed by atoms with Crippen LogP contribution in [0.4, 0.5) is 0 Å². The molecule has 0 unspecified atom stereocenters. The molecule has 0 aromatic heterocycles. The van der Waals surface area contributed by atoms with Crippen molar-refractivity contribution < 1.29 is 31.7 Å². The lowest BCUT2D eigenvalue weighted by Crippen LogP contribution is -2.14. The lowest BCUT2D eigenvalue weighted by Gasteiger charge is -2.13. The minimum Gasteiger partial charge on any atom is -0.465 e. The molecule has 0 atom stereocenters. The van der Waals surface area contributed by atoms with Gasteiger partial charge in [0.05, 0.1) is 25.3 Å². The van der Waals surface area contributed by atoms with E-state index in [9.17, 15) is 18.0 Å². The fourth-order valence-electron chi connectivity index (χ4n) is 4.22. The number of benzene rings is 5. The number of esters is 2. The van der Waals surface area contributed by atoms with E-state index >= 15 is 0 Å². The molecule has 0 fully saturated rings. The van der Waals surface area contributed by atoms with Gasteiger partial charge in [0, 0.05) is 5.39 Å². The maximum Gasteiger partial charge on any atom is 0.339 e. The largest absolute Gasteiger partial charge is 0.465 e. The van der Waals surface area contributed by atoms with Crippen LogP contribution in [0.2, 0.25) is 0 Å². The Kier molecular flexibility index (Phi) is 5.81. The van der Waals surface area contributed by atoms with Crippen LogP contribution in [0.1, 0.15) is 20.7 Å². The van der Waals surface area contributed by atoms with Crippen molar-refractivity contribution >= 4 is 54.4 Å². The number of carbonyl (C=O) groups is 2.